The van der Waals surface area contributed by atoms with E-state index in [1.54, 1.807) is 47.4 Å². The van der Waals surface area contributed by atoms with Gasteiger partial charge in [-0.15, -0.1) is 6.58 Å². The number of fused-ring (bicyclic) bond motifs is 1. The van der Waals surface area contributed by atoms with E-state index >= 15 is 0 Å². The summed E-state index contributed by atoms with van der Waals surface area (Å²) in [6.45, 7) is 7.93. The summed E-state index contributed by atoms with van der Waals surface area (Å²) in [5.41, 5.74) is 1.09. The number of non-ortho nitro benzene ring substituents is 1. The van der Waals surface area contributed by atoms with Crippen molar-refractivity contribution < 1.29 is 19.2 Å². The van der Waals surface area contributed by atoms with Crippen molar-refractivity contribution in [3.8, 4) is 5.75 Å². The Morgan fingerprint density at radius 2 is 2.00 bits per heavy atom. The van der Waals surface area contributed by atoms with Gasteiger partial charge in [0, 0.05) is 36.5 Å². The van der Waals surface area contributed by atoms with E-state index in [1.807, 2.05) is 13.8 Å². The first kappa shape index (κ1) is 21.8. The lowest BCUT2D eigenvalue weighted by Crippen LogP contribution is -2.42. The highest BCUT2D eigenvalue weighted by molar-refractivity contribution is 6.03. The summed E-state index contributed by atoms with van der Waals surface area (Å²) in [7, 11) is 0. The van der Waals surface area contributed by atoms with Crippen molar-refractivity contribution in [3.63, 3.8) is 0 Å². The Labute approximate surface area is 180 Å². The summed E-state index contributed by atoms with van der Waals surface area (Å²) in [4.78, 5) is 37.0. The van der Waals surface area contributed by atoms with Crippen LogP contribution < -0.4 is 15.0 Å². The molecule has 0 aliphatic carbocycles. The molecule has 8 heteroatoms. The van der Waals surface area contributed by atoms with Crippen LogP contribution in [0.15, 0.2) is 61.2 Å². The minimum atomic E-state index is -0.696. The second kappa shape index (κ2) is 8.83. The second-order valence-electron chi connectivity index (χ2n) is 7.73. The van der Waals surface area contributed by atoms with Crippen LogP contribution in [0.1, 0.15) is 19.4 Å². The molecule has 160 valence electrons. The zero-order chi connectivity index (χ0) is 22.6. The minimum Gasteiger partial charge on any atom is -0.490 e. The fourth-order valence-electron chi connectivity index (χ4n) is 3.10. The topological polar surface area (TPSA) is 102 Å². The molecule has 0 aromatic heterocycles. The average molecular weight is 421 g/mol. The van der Waals surface area contributed by atoms with E-state index in [2.05, 4.69) is 11.9 Å². The Morgan fingerprint density at radius 1 is 1.29 bits per heavy atom. The zero-order valence-electron chi connectivity index (χ0n) is 17.3. The molecule has 3 rings (SSSR count). The fraction of sp³-hybridized carbons (Fsp3) is 0.217. The van der Waals surface area contributed by atoms with Gasteiger partial charge in [0.05, 0.1) is 16.0 Å². The van der Waals surface area contributed by atoms with Gasteiger partial charge in [-0.2, -0.15) is 0 Å². The van der Waals surface area contributed by atoms with Crippen LogP contribution in [0.5, 0.6) is 5.75 Å². The van der Waals surface area contributed by atoms with Crippen molar-refractivity contribution in [3.05, 3.63) is 76.9 Å². The zero-order valence-corrected chi connectivity index (χ0v) is 17.3. The summed E-state index contributed by atoms with van der Waals surface area (Å²) < 4.78 is 5.87. The molecule has 0 saturated carbocycles. The largest absolute Gasteiger partial charge is 0.490 e. The average Bonchev–Trinajstić information content (AvgIpc) is 2.83. The lowest BCUT2D eigenvalue weighted by molar-refractivity contribution is -0.384. The third-order valence-electron chi connectivity index (χ3n) is 4.77. The highest BCUT2D eigenvalue weighted by Gasteiger charge is 2.37. The molecule has 2 amide bonds. The van der Waals surface area contributed by atoms with Crippen LogP contribution in [0.3, 0.4) is 0 Å². The Balaban J connectivity index is 1.75. The number of nitro benzene ring substituents is 1. The predicted octanol–water partition coefficient (Wildman–Crippen LogP) is 4.18. The number of carbonyl (C=O) groups excluding carboxylic acids is 2. The van der Waals surface area contributed by atoms with E-state index in [4.69, 9.17) is 4.74 Å². The van der Waals surface area contributed by atoms with Crippen LogP contribution >= 0.6 is 0 Å². The van der Waals surface area contributed by atoms with Gasteiger partial charge in [0.1, 0.15) is 12.4 Å². The Kier molecular flexibility index (Phi) is 6.20. The number of ether oxygens (including phenoxy) is 1. The predicted molar refractivity (Wildman–Crippen MR) is 119 cm³/mol. The first-order chi connectivity index (χ1) is 14.7. The van der Waals surface area contributed by atoms with Crippen molar-refractivity contribution in [2.45, 2.75) is 13.8 Å². The van der Waals surface area contributed by atoms with Gasteiger partial charge in [-0.25, -0.2) is 0 Å². The molecule has 1 aliphatic rings. The van der Waals surface area contributed by atoms with Gasteiger partial charge in [0.15, 0.2) is 0 Å². The quantitative estimate of drug-likeness (QED) is 0.326. The second-order valence-corrected chi connectivity index (χ2v) is 7.73. The lowest BCUT2D eigenvalue weighted by atomic mass is 9.93. The molecule has 0 radical (unpaired) electrons. The van der Waals surface area contributed by atoms with Gasteiger partial charge in [-0.05, 0) is 49.8 Å². The number of hydrogen-bond donors (Lipinski definition) is 1. The Hall–Kier alpha value is -3.94. The summed E-state index contributed by atoms with van der Waals surface area (Å²) >= 11 is 0. The van der Waals surface area contributed by atoms with Crippen LogP contribution in [0.25, 0.3) is 6.08 Å². The van der Waals surface area contributed by atoms with Crippen molar-refractivity contribution in [2.75, 3.05) is 23.4 Å². The van der Waals surface area contributed by atoms with E-state index < -0.39 is 10.3 Å². The van der Waals surface area contributed by atoms with Crippen LogP contribution in [0.4, 0.5) is 17.1 Å². The van der Waals surface area contributed by atoms with Gasteiger partial charge in [-0.3, -0.25) is 19.7 Å². The maximum Gasteiger partial charge on any atom is 0.269 e. The molecule has 2 aromatic rings. The molecule has 1 heterocycles. The van der Waals surface area contributed by atoms with Gasteiger partial charge in [0.25, 0.3) is 5.69 Å². The van der Waals surface area contributed by atoms with E-state index in [0.29, 0.717) is 29.2 Å². The number of nitrogens with one attached hydrogen (secondary N) is 1. The maximum atomic E-state index is 12.8. The maximum absolute atomic E-state index is 12.8. The number of amides is 2. The molecule has 0 fully saturated rings. The number of nitro groups is 1. The molecule has 0 saturated heterocycles. The molecule has 0 atom stereocenters. The summed E-state index contributed by atoms with van der Waals surface area (Å²) in [5.74, 6) is 0.0677. The van der Waals surface area contributed by atoms with Crippen LogP contribution in [-0.4, -0.2) is 29.9 Å². The van der Waals surface area contributed by atoms with Crippen molar-refractivity contribution in [2.24, 2.45) is 5.41 Å². The first-order valence-corrected chi connectivity index (χ1v) is 9.64. The third-order valence-corrected chi connectivity index (χ3v) is 4.77. The minimum absolute atomic E-state index is 0.0151. The number of hydrogen-bond acceptors (Lipinski definition) is 5. The highest BCUT2D eigenvalue weighted by Crippen LogP contribution is 2.38. The highest BCUT2D eigenvalue weighted by atomic mass is 16.6. The number of anilines is 2. The van der Waals surface area contributed by atoms with Crippen LogP contribution in [-0.2, 0) is 9.59 Å². The van der Waals surface area contributed by atoms with Gasteiger partial charge < -0.3 is 15.0 Å². The number of rotatable bonds is 6. The molecule has 31 heavy (non-hydrogen) atoms. The monoisotopic (exact) mass is 421 g/mol. The van der Waals surface area contributed by atoms with Gasteiger partial charge >= 0.3 is 0 Å². The molecule has 0 bridgehead atoms. The number of nitrogens with zero attached hydrogens (tertiary/aromatic N) is 2. The van der Waals surface area contributed by atoms with E-state index in [9.17, 15) is 19.7 Å². The molecular weight excluding hydrogens is 398 g/mol. The first-order valence-electron chi connectivity index (χ1n) is 9.64. The molecule has 0 unspecified atom stereocenters. The molecule has 1 N–H and O–H groups in total. The molecular formula is C23H23N3O5. The van der Waals surface area contributed by atoms with Crippen molar-refractivity contribution >= 4 is 35.0 Å². The smallest absolute Gasteiger partial charge is 0.269 e. The lowest BCUT2D eigenvalue weighted by Gasteiger charge is -2.27. The fourth-order valence-corrected chi connectivity index (χ4v) is 3.10. The standard InChI is InChI=1S/C23H23N3O5/c1-4-13-25-19-11-8-17(14-20(19)31-15-23(2,3)22(25)28)24-21(27)12-7-16-5-9-18(10-6-16)26(29)30/h4-12,14H,1,13,15H2,2-3H3,(H,24,27)/b12-7+. The number of benzene rings is 2. The summed E-state index contributed by atoms with van der Waals surface area (Å²) in [6.07, 6.45) is 4.55. The molecule has 2 aromatic carbocycles. The van der Waals surface area contributed by atoms with Gasteiger partial charge in [0.2, 0.25) is 11.8 Å². The Morgan fingerprint density at radius 3 is 2.65 bits per heavy atom. The SMILES string of the molecule is C=CCN1C(=O)C(C)(C)COc2cc(NC(=O)/C=C/c3ccc([N+](=O)[O-])cc3)ccc21. The van der Waals surface area contributed by atoms with Crippen LogP contribution in [0.2, 0.25) is 0 Å². The molecule has 0 spiro atoms. The Bertz CT molecular complexity index is 1060. The van der Waals surface area contributed by atoms with Crippen molar-refractivity contribution in [1.29, 1.82) is 0 Å². The van der Waals surface area contributed by atoms with E-state index in [1.165, 1.54) is 18.2 Å². The van der Waals surface area contributed by atoms with Gasteiger partial charge in [-0.1, -0.05) is 6.08 Å². The third kappa shape index (κ3) is 4.98. The number of carbonyl (C=O) groups is 2. The van der Waals surface area contributed by atoms with Crippen molar-refractivity contribution in [1.82, 2.24) is 0 Å². The van der Waals surface area contributed by atoms with Crippen LogP contribution in [0, 0.1) is 15.5 Å². The summed E-state index contributed by atoms with van der Waals surface area (Å²) in [6, 6.07) is 11.0. The van der Waals surface area contributed by atoms with E-state index in [0.717, 1.165) is 0 Å². The normalized spacial score (nSPS) is 15.0. The molecule has 8 nitrogen and oxygen atoms in total. The summed E-state index contributed by atoms with van der Waals surface area (Å²) in [5, 5.41) is 13.5. The van der Waals surface area contributed by atoms with E-state index in [-0.39, 0.29) is 24.1 Å². The molecule has 1 aliphatic heterocycles.